The molecule has 204 valence electrons. The van der Waals surface area contributed by atoms with Crippen molar-refractivity contribution in [1.29, 1.82) is 0 Å². The number of rotatable bonds is 6. The van der Waals surface area contributed by atoms with E-state index in [0.717, 1.165) is 10.9 Å². The van der Waals surface area contributed by atoms with Crippen LogP contribution in [0.15, 0.2) is 97.5 Å². The van der Waals surface area contributed by atoms with Gasteiger partial charge in [0.15, 0.2) is 0 Å². The molecule has 0 saturated carbocycles. The summed E-state index contributed by atoms with van der Waals surface area (Å²) >= 11 is 0. The Balaban J connectivity index is 1.07. The van der Waals surface area contributed by atoms with E-state index in [1.807, 2.05) is 42.5 Å². The molecule has 0 spiro atoms. The predicted octanol–water partition coefficient (Wildman–Crippen LogP) is 3.73. The molecule has 0 radical (unpaired) electrons. The fourth-order valence-electron chi connectivity index (χ4n) is 4.84. The van der Waals surface area contributed by atoms with Gasteiger partial charge in [0.1, 0.15) is 12.2 Å². The lowest BCUT2D eigenvalue weighted by Crippen LogP contribution is -2.51. The van der Waals surface area contributed by atoms with Gasteiger partial charge in [-0.1, -0.05) is 24.3 Å². The van der Waals surface area contributed by atoms with Gasteiger partial charge in [-0.15, -0.1) is 0 Å². The molecule has 1 aliphatic rings. The van der Waals surface area contributed by atoms with Crippen molar-refractivity contribution in [2.75, 3.05) is 31.5 Å². The van der Waals surface area contributed by atoms with Crippen LogP contribution >= 0.6 is 0 Å². The number of piperazine rings is 1. The van der Waals surface area contributed by atoms with Crippen LogP contribution < -0.4 is 5.32 Å². The Bertz CT molecular complexity index is 1710. The highest BCUT2D eigenvalue weighted by Crippen LogP contribution is 2.20. The third-order valence-electron chi connectivity index (χ3n) is 7.01. The predicted molar refractivity (Wildman–Crippen MR) is 154 cm³/mol. The van der Waals surface area contributed by atoms with Crippen LogP contribution in [-0.2, 0) is 11.3 Å². The van der Waals surface area contributed by atoms with Crippen LogP contribution in [0.5, 0.6) is 0 Å². The number of amides is 3. The van der Waals surface area contributed by atoms with Crippen molar-refractivity contribution in [3.05, 3.63) is 109 Å². The van der Waals surface area contributed by atoms with E-state index in [0.29, 0.717) is 54.3 Å². The molecule has 1 N–H and O–H groups in total. The molecule has 2 aromatic carbocycles. The lowest BCUT2D eigenvalue weighted by atomic mass is 10.1. The van der Waals surface area contributed by atoms with Gasteiger partial charge in [-0.3, -0.25) is 24.0 Å². The lowest BCUT2D eigenvalue weighted by molar-refractivity contribution is -0.133. The first-order valence-corrected chi connectivity index (χ1v) is 13.3. The summed E-state index contributed by atoms with van der Waals surface area (Å²) in [6, 6.07) is 23.6. The quantitative estimate of drug-likeness (QED) is 0.348. The highest BCUT2D eigenvalue weighted by atomic mass is 16.2. The van der Waals surface area contributed by atoms with E-state index in [1.54, 1.807) is 69.5 Å². The maximum absolute atomic E-state index is 13.0. The number of nitrogens with zero attached hydrogens (tertiary/aromatic N) is 6. The van der Waals surface area contributed by atoms with Crippen molar-refractivity contribution < 1.29 is 14.4 Å². The first-order chi connectivity index (χ1) is 20.0. The summed E-state index contributed by atoms with van der Waals surface area (Å²) in [6.07, 6.45) is 5.16. The minimum atomic E-state index is -0.326. The maximum atomic E-state index is 13.0. The first kappa shape index (κ1) is 25.9. The van der Waals surface area contributed by atoms with Crippen LogP contribution in [0.1, 0.15) is 20.8 Å². The van der Waals surface area contributed by atoms with E-state index < -0.39 is 0 Å². The second kappa shape index (κ2) is 11.4. The molecule has 0 bridgehead atoms. The summed E-state index contributed by atoms with van der Waals surface area (Å²) in [6.45, 7) is 2.03. The van der Waals surface area contributed by atoms with E-state index >= 15 is 0 Å². The Morgan fingerprint density at radius 2 is 1.56 bits per heavy atom. The van der Waals surface area contributed by atoms with Gasteiger partial charge in [0.2, 0.25) is 5.91 Å². The summed E-state index contributed by atoms with van der Waals surface area (Å²) < 4.78 is 1.61. The third-order valence-corrected chi connectivity index (χ3v) is 7.01. The van der Waals surface area contributed by atoms with Crippen molar-refractivity contribution in [3.63, 3.8) is 0 Å². The standard InChI is InChI=1S/C31H27N7O3/c39-29(36-15-17-37(18-16-36)31(41)23-5-2-1-3-6-23)21-38-20-24-19-25(9-10-27(24)35-38)33-30(40)28-8-4-7-26(34-28)22-11-13-32-14-12-22/h1-14,19-20H,15-18,21H2,(H,33,40). The van der Waals surface area contributed by atoms with E-state index in [4.69, 9.17) is 0 Å². The van der Waals surface area contributed by atoms with Crippen molar-refractivity contribution in [1.82, 2.24) is 29.5 Å². The van der Waals surface area contributed by atoms with Gasteiger partial charge >= 0.3 is 0 Å². The number of pyridine rings is 2. The van der Waals surface area contributed by atoms with Crippen LogP contribution in [0.3, 0.4) is 0 Å². The summed E-state index contributed by atoms with van der Waals surface area (Å²) in [5.74, 6) is -0.401. The molecule has 0 aliphatic carbocycles. The Hall–Kier alpha value is -5.38. The highest BCUT2D eigenvalue weighted by molar-refractivity contribution is 6.04. The zero-order valence-electron chi connectivity index (χ0n) is 22.2. The van der Waals surface area contributed by atoms with Gasteiger partial charge in [-0.05, 0) is 54.6 Å². The molecule has 10 nitrogen and oxygen atoms in total. The number of carbonyl (C=O) groups excluding carboxylic acids is 3. The molecule has 1 fully saturated rings. The molecule has 5 aromatic rings. The minimum absolute atomic E-state index is 0.0175. The average Bonchev–Trinajstić information content (AvgIpc) is 3.43. The van der Waals surface area contributed by atoms with Crippen LogP contribution in [-0.4, -0.2) is 73.4 Å². The van der Waals surface area contributed by atoms with Crippen molar-refractivity contribution in [2.24, 2.45) is 0 Å². The SMILES string of the molecule is O=C(Nc1ccc2nn(CC(=O)N3CCN(C(=O)c4ccccc4)CC3)cc2c1)c1cccc(-c2ccncc2)n1. The average molecular weight is 546 g/mol. The molecule has 0 unspecified atom stereocenters. The molecular formula is C31H27N7O3. The van der Waals surface area contributed by atoms with E-state index in [9.17, 15) is 14.4 Å². The van der Waals surface area contributed by atoms with Gasteiger partial charge in [0, 0.05) is 67.0 Å². The van der Waals surface area contributed by atoms with Crippen LogP contribution in [0, 0.1) is 0 Å². The number of benzene rings is 2. The van der Waals surface area contributed by atoms with Crippen molar-refractivity contribution >= 4 is 34.3 Å². The number of anilines is 1. The molecule has 0 atom stereocenters. The number of carbonyl (C=O) groups is 3. The van der Waals surface area contributed by atoms with E-state index in [1.165, 1.54) is 0 Å². The number of nitrogens with one attached hydrogen (secondary N) is 1. The fourth-order valence-corrected chi connectivity index (χ4v) is 4.84. The number of hydrogen-bond donors (Lipinski definition) is 1. The highest BCUT2D eigenvalue weighted by Gasteiger charge is 2.25. The van der Waals surface area contributed by atoms with Gasteiger partial charge in [-0.2, -0.15) is 5.10 Å². The van der Waals surface area contributed by atoms with Gasteiger partial charge in [-0.25, -0.2) is 4.98 Å². The first-order valence-electron chi connectivity index (χ1n) is 13.3. The molecule has 10 heteroatoms. The number of fused-ring (bicyclic) bond motifs is 1. The molecule has 41 heavy (non-hydrogen) atoms. The summed E-state index contributed by atoms with van der Waals surface area (Å²) in [5.41, 5.74) is 3.83. The lowest BCUT2D eigenvalue weighted by Gasteiger charge is -2.34. The molecule has 3 aromatic heterocycles. The topological polar surface area (TPSA) is 113 Å². The maximum Gasteiger partial charge on any atom is 0.274 e. The van der Waals surface area contributed by atoms with E-state index in [2.05, 4.69) is 20.4 Å². The molecule has 6 rings (SSSR count). The summed E-state index contributed by atoms with van der Waals surface area (Å²) in [4.78, 5) is 50.7. The van der Waals surface area contributed by atoms with Crippen LogP contribution in [0.4, 0.5) is 5.69 Å². The molecule has 1 saturated heterocycles. The van der Waals surface area contributed by atoms with Crippen LogP contribution in [0.2, 0.25) is 0 Å². The summed E-state index contributed by atoms with van der Waals surface area (Å²) in [5, 5.41) is 8.22. The zero-order valence-corrected chi connectivity index (χ0v) is 22.2. The Labute approximate surface area is 236 Å². The molecule has 3 amide bonds. The Morgan fingerprint density at radius 1 is 0.805 bits per heavy atom. The largest absolute Gasteiger partial charge is 0.338 e. The van der Waals surface area contributed by atoms with E-state index in [-0.39, 0.29) is 24.3 Å². The zero-order chi connectivity index (χ0) is 28.2. The van der Waals surface area contributed by atoms with Crippen molar-refractivity contribution in [2.45, 2.75) is 6.54 Å². The monoisotopic (exact) mass is 545 g/mol. The molecule has 1 aliphatic heterocycles. The molecular weight excluding hydrogens is 518 g/mol. The number of aromatic nitrogens is 4. The fraction of sp³-hybridized carbons (Fsp3) is 0.161. The smallest absolute Gasteiger partial charge is 0.274 e. The molecule has 4 heterocycles. The third kappa shape index (κ3) is 5.81. The van der Waals surface area contributed by atoms with Gasteiger partial charge in [0.05, 0.1) is 11.2 Å². The van der Waals surface area contributed by atoms with Gasteiger partial charge in [0.25, 0.3) is 11.8 Å². The Kier molecular flexibility index (Phi) is 7.19. The van der Waals surface area contributed by atoms with Crippen molar-refractivity contribution in [3.8, 4) is 11.3 Å². The second-order valence-electron chi connectivity index (χ2n) is 9.74. The van der Waals surface area contributed by atoms with Gasteiger partial charge < -0.3 is 15.1 Å². The normalized spacial score (nSPS) is 13.3. The second-order valence-corrected chi connectivity index (χ2v) is 9.74. The minimum Gasteiger partial charge on any atom is -0.338 e. The van der Waals surface area contributed by atoms with Crippen LogP contribution in [0.25, 0.3) is 22.2 Å². The summed E-state index contributed by atoms with van der Waals surface area (Å²) in [7, 11) is 0. The number of hydrogen-bond acceptors (Lipinski definition) is 6. The Morgan fingerprint density at radius 3 is 2.34 bits per heavy atom.